The summed E-state index contributed by atoms with van der Waals surface area (Å²) in [5.41, 5.74) is 1.40. The van der Waals surface area contributed by atoms with Gasteiger partial charge in [0, 0.05) is 17.2 Å². The molecule has 2 aromatic heterocycles. The highest BCUT2D eigenvalue weighted by Gasteiger charge is 2.21. The van der Waals surface area contributed by atoms with Crippen LogP contribution in [-0.2, 0) is 19.4 Å². The van der Waals surface area contributed by atoms with E-state index in [-0.39, 0.29) is 5.56 Å². The molecule has 0 bridgehead atoms. The van der Waals surface area contributed by atoms with Crippen LogP contribution < -0.4 is 5.56 Å². The van der Waals surface area contributed by atoms with Crippen molar-refractivity contribution < 1.29 is 0 Å². The van der Waals surface area contributed by atoms with Gasteiger partial charge in [-0.1, -0.05) is 31.7 Å². The molecule has 0 unspecified atom stereocenters. The molecule has 23 heavy (non-hydrogen) atoms. The maximum absolute atomic E-state index is 13.0. The fraction of sp³-hybridized carbons (Fsp3) is 0.556. The van der Waals surface area contributed by atoms with E-state index in [1.807, 2.05) is 4.57 Å². The van der Waals surface area contributed by atoms with Crippen LogP contribution in [0.2, 0.25) is 0 Å². The van der Waals surface area contributed by atoms with Crippen molar-refractivity contribution in [3.05, 3.63) is 33.4 Å². The second-order valence-corrected chi connectivity index (χ2v) is 8.67. The number of aryl methyl sites for hydroxylation is 2. The number of aromatic nitrogens is 2. The number of nitrogens with zero attached hydrogens (tertiary/aromatic N) is 2. The quantitative estimate of drug-likeness (QED) is 0.432. The van der Waals surface area contributed by atoms with E-state index in [1.54, 1.807) is 29.2 Å². The van der Waals surface area contributed by atoms with Crippen molar-refractivity contribution in [2.24, 2.45) is 5.92 Å². The van der Waals surface area contributed by atoms with Crippen LogP contribution in [0.1, 0.15) is 43.6 Å². The second kappa shape index (κ2) is 7.22. The van der Waals surface area contributed by atoms with Gasteiger partial charge in [0.05, 0.1) is 5.39 Å². The van der Waals surface area contributed by atoms with E-state index in [4.69, 9.17) is 4.98 Å². The minimum atomic E-state index is 0.126. The van der Waals surface area contributed by atoms with Crippen molar-refractivity contribution in [3.63, 3.8) is 0 Å². The lowest BCUT2D eigenvalue weighted by Crippen LogP contribution is -2.23. The van der Waals surface area contributed by atoms with Gasteiger partial charge in [-0.15, -0.1) is 17.9 Å². The van der Waals surface area contributed by atoms with E-state index in [2.05, 4.69) is 20.4 Å². The molecule has 2 aromatic rings. The van der Waals surface area contributed by atoms with Crippen molar-refractivity contribution in [2.75, 3.05) is 5.75 Å². The minimum Gasteiger partial charge on any atom is -0.283 e. The molecule has 0 N–H and O–H groups in total. The molecule has 3 nitrogen and oxygen atoms in total. The van der Waals surface area contributed by atoms with Crippen molar-refractivity contribution in [1.82, 2.24) is 9.55 Å². The molecule has 0 saturated heterocycles. The average molecular weight is 349 g/mol. The Morgan fingerprint density at radius 1 is 1.39 bits per heavy atom. The molecule has 2 heterocycles. The smallest absolute Gasteiger partial charge is 0.263 e. The van der Waals surface area contributed by atoms with Gasteiger partial charge < -0.3 is 0 Å². The third-order valence-corrected chi connectivity index (χ3v) is 6.47. The van der Waals surface area contributed by atoms with Crippen LogP contribution >= 0.6 is 23.1 Å². The standard InChI is InChI=1S/C18H24N2OS2/c1-4-10-20-17(21)15-13-7-5-6-8-14(13)23-16(15)19-18(20)22-11-9-12(2)3/h4,12H,1,5-11H2,2-3H3. The third-order valence-electron chi connectivity index (χ3n) is 4.28. The number of thioether (sulfide) groups is 1. The summed E-state index contributed by atoms with van der Waals surface area (Å²) in [5, 5.41) is 1.72. The fourth-order valence-electron chi connectivity index (χ4n) is 3.01. The molecule has 0 saturated carbocycles. The Labute approximate surface area is 145 Å². The summed E-state index contributed by atoms with van der Waals surface area (Å²) in [4.78, 5) is 20.2. The molecule has 3 rings (SSSR count). The molecule has 124 valence electrons. The highest BCUT2D eigenvalue weighted by atomic mass is 32.2. The van der Waals surface area contributed by atoms with E-state index < -0.39 is 0 Å². The lowest BCUT2D eigenvalue weighted by Gasteiger charge is -2.12. The van der Waals surface area contributed by atoms with Gasteiger partial charge in [0.2, 0.25) is 0 Å². The lowest BCUT2D eigenvalue weighted by atomic mass is 9.97. The molecule has 0 aliphatic heterocycles. The molecular formula is C18H24N2OS2. The SMILES string of the molecule is C=CCn1c(SCCC(C)C)nc2sc3c(c2c1=O)CCCC3. The normalized spacial score (nSPS) is 14.4. The lowest BCUT2D eigenvalue weighted by molar-refractivity contribution is 0.628. The first kappa shape index (κ1) is 16.8. The van der Waals surface area contributed by atoms with Gasteiger partial charge in [-0.05, 0) is 43.6 Å². The maximum atomic E-state index is 13.0. The van der Waals surface area contributed by atoms with Crippen molar-refractivity contribution in [2.45, 2.75) is 57.7 Å². The molecular weight excluding hydrogens is 324 g/mol. The van der Waals surface area contributed by atoms with Gasteiger partial charge in [-0.25, -0.2) is 4.98 Å². The van der Waals surface area contributed by atoms with Crippen molar-refractivity contribution >= 4 is 33.3 Å². The number of hydrogen-bond donors (Lipinski definition) is 0. The van der Waals surface area contributed by atoms with E-state index in [9.17, 15) is 4.79 Å². The summed E-state index contributed by atoms with van der Waals surface area (Å²) < 4.78 is 1.81. The number of thiophene rings is 1. The van der Waals surface area contributed by atoms with E-state index in [0.29, 0.717) is 12.5 Å². The molecule has 0 spiro atoms. The minimum absolute atomic E-state index is 0.126. The Kier molecular flexibility index (Phi) is 5.27. The number of allylic oxidation sites excluding steroid dienone is 1. The Morgan fingerprint density at radius 2 is 2.17 bits per heavy atom. The van der Waals surface area contributed by atoms with Gasteiger partial charge in [0.1, 0.15) is 4.83 Å². The molecule has 0 aromatic carbocycles. The molecule has 0 amide bonds. The van der Waals surface area contributed by atoms with Crippen molar-refractivity contribution in [3.8, 4) is 0 Å². The fourth-order valence-corrected chi connectivity index (χ4v) is 5.56. The van der Waals surface area contributed by atoms with Gasteiger partial charge in [-0.2, -0.15) is 0 Å². The zero-order chi connectivity index (χ0) is 16.4. The summed E-state index contributed by atoms with van der Waals surface area (Å²) in [6, 6.07) is 0. The van der Waals surface area contributed by atoms with Crippen LogP contribution in [0, 0.1) is 5.92 Å². The van der Waals surface area contributed by atoms with Crippen LogP contribution in [0.5, 0.6) is 0 Å². The first-order chi connectivity index (χ1) is 11.1. The Morgan fingerprint density at radius 3 is 2.91 bits per heavy atom. The average Bonchev–Trinajstić information content (AvgIpc) is 2.89. The number of fused-ring (bicyclic) bond motifs is 3. The van der Waals surface area contributed by atoms with Gasteiger partial charge >= 0.3 is 0 Å². The first-order valence-corrected chi connectivity index (χ1v) is 10.2. The highest BCUT2D eigenvalue weighted by molar-refractivity contribution is 7.99. The Hall–Kier alpha value is -1.07. The monoisotopic (exact) mass is 348 g/mol. The Bertz CT molecular complexity index is 773. The summed E-state index contributed by atoms with van der Waals surface area (Å²) >= 11 is 3.43. The molecule has 0 fully saturated rings. The largest absolute Gasteiger partial charge is 0.283 e. The molecule has 0 atom stereocenters. The Balaban J connectivity index is 2.06. The molecule has 1 aliphatic rings. The predicted molar refractivity (Wildman–Crippen MR) is 101 cm³/mol. The summed E-state index contributed by atoms with van der Waals surface area (Å²) in [6.45, 7) is 8.79. The molecule has 1 aliphatic carbocycles. The highest BCUT2D eigenvalue weighted by Crippen LogP contribution is 2.34. The summed E-state index contributed by atoms with van der Waals surface area (Å²) in [5.74, 6) is 1.66. The second-order valence-electron chi connectivity index (χ2n) is 6.52. The molecule has 5 heteroatoms. The van der Waals surface area contributed by atoms with Crippen LogP contribution in [0.15, 0.2) is 22.6 Å². The zero-order valence-electron chi connectivity index (χ0n) is 13.9. The van der Waals surface area contributed by atoms with Crippen LogP contribution in [0.25, 0.3) is 10.2 Å². The molecule has 0 radical (unpaired) electrons. The predicted octanol–water partition coefficient (Wildman–Crippen LogP) is 4.66. The first-order valence-electron chi connectivity index (χ1n) is 8.40. The number of hydrogen-bond acceptors (Lipinski definition) is 4. The maximum Gasteiger partial charge on any atom is 0.263 e. The van der Waals surface area contributed by atoms with E-state index in [1.165, 1.54) is 23.3 Å². The third kappa shape index (κ3) is 3.41. The van der Waals surface area contributed by atoms with E-state index in [0.717, 1.165) is 40.4 Å². The van der Waals surface area contributed by atoms with Crippen LogP contribution in [0.3, 0.4) is 0 Å². The summed E-state index contributed by atoms with van der Waals surface area (Å²) in [6.07, 6.45) is 7.47. The van der Waals surface area contributed by atoms with E-state index >= 15 is 0 Å². The zero-order valence-corrected chi connectivity index (χ0v) is 15.6. The topological polar surface area (TPSA) is 34.9 Å². The van der Waals surface area contributed by atoms with Gasteiger partial charge in [-0.3, -0.25) is 9.36 Å². The van der Waals surface area contributed by atoms with Crippen molar-refractivity contribution in [1.29, 1.82) is 0 Å². The van der Waals surface area contributed by atoms with Crippen LogP contribution in [-0.4, -0.2) is 15.3 Å². The van der Waals surface area contributed by atoms with Crippen LogP contribution in [0.4, 0.5) is 0 Å². The summed E-state index contributed by atoms with van der Waals surface area (Å²) in [7, 11) is 0. The number of rotatable bonds is 6. The van der Waals surface area contributed by atoms with Gasteiger partial charge in [0.25, 0.3) is 5.56 Å². The van der Waals surface area contributed by atoms with Gasteiger partial charge in [0.15, 0.2) is 5.16 Å².